The molecule has 1 rings (SSSR count). The minimum absolute atomic E-state index is 0.111. The van der Waals surface area contributed by atoms with Crippen LogP contribution in [0.25, 0.3) is 0 Å². The molecule has 0 bridgehead atoms. The molecule has 0 spiro atoms. The second-order valence-corrected chi connectivity index (χ2v) is 4.55. The maximum atomic E-state index is 11.9. The summed E-state index contributed by atoms with van der Waals surface area (Å²) in [6.07, 6.45) is 0.392. The van der Waals surface area contributed by atoms with Gasteiger partial charge in [0.15, 0.2) is 0 Å². The number of likely N-dealkylation sites (N-methyl/N-ethyl adjacent to an activating group) is 1. The number of amides is 2. The van der Waals surface area contributed by atoms with Crippen LogP contribution in [0.3, 0.4) is 0 Å². The average Bonchev–Trinajstić information content (AvgIpc) is 2.24. The second kappa shape index (κ2) is 5.86. The van der Waals surface area contributed by atoms with Gasteiger partial charge in [-0.15, -0.1) is 0 Å². The van der Waals surface area contributed by atoms with Crippen LogP contribution < -0.4 is 5.32 Å². The Morgan fingerprint density at radius 3 is 2.59 bits per heavy atom. The van der Waals surface area contributed by atoms with Crippen molar-refractivity contribution in [1.29, 1.82) is 0 Å². The molecule has 1 saturated heterocycles. The third-order valence-electron chi connectivity index (χ3n) is 3.10. The van der Waals surface area contributed by atoms with Crippen LogP contribution in [0.4, 0.5) is 4.79 Å². The summed E-state index contributed by atoms with van der Waals surface area (Å²) in [5, 5.41) is 11.4. The summed E-state index contributed by atoms with van der Waals surface area (Å²) in [5.41, 5.74) is 0. The number of carboxylic acids is 1. The normalized spacial score (nSPS) is 23.2. The van der Waals surface area contributed by atoms with Crippen molar-refractivity contribution in [3.8, 4) is 0 Å². The van der Waals surface area contributed by atoms with Crippen molar-refractivity contribution in [2.24, 2.45) is 0 Å². The van der Waals surface area contributed by atoms with E-state index in [0.717, 1.165) is 13.1 Å². The molecule has 98 valence electrons. The van der Waals surface area contributed by atoms with Crippen LogP contribution in [-0.2, 0) is 4.79 Å². The lowest BCUT2D eigenvalue weighted by Gasteiger charge is -2.38. The molecule has 1 aliphatic heterocycles. The monoisotopic (exact) mass is 243 g/mol. The third kappa shape index (κ3) is 3.59. The van der Waals surface area contributed by atoms with Crippen LogP contribution in [0.15, 0.2) is 0 Å². The Balaban J connectivity index is 2.55. The molecule has 6 nitrogen and oxygen atoms in total. The summed E-state index contributed by atoms with van der Waals surface area (Å²) in [4.78, 5) is 26.6. The van der Waals surface area contributed by atoms with E-state index >= 15 is 0 Å². The predicted octanol–water partition coefficient (Wildman–Crippen LogP) is 0.195. The zero-order chi connectivity index (χ0) is 13.0. The Kier molecular flexibility index (Phi) is 4.74. The standard InChI is InChI=1S/C11H21N3O3/c1-4-9(10(15)16)12-11(17)14-6-5-13(3)7-8(14)2/h8-9H,4-7H2,1-3H3,(H,12,17)(H,15,16)/t8?,9-/m1/s1. The quantitative estimate of drug-likeness (QED) is 0.742. The van der Waals surface area contributed by atoms with E-state index in [1.165, 1.54) is 0 Å². The Bertz CT molecular complexity index is 296. The number of hydrogen-bond donors (Lipinski definition) is 2. The van der Waals surface area contributed by atoms with Gasteiger partial charge < -0.3 is 20.2 Å². The zero-order valence-corrected chi connectivity index (χ0v) is 10.6. The molecule has 6 heteroatoms. The first-order valence-electron chi connectivity index (χ1n) is 5.94. The van der Waals surface area contributed by atoms with E-state index in [9.17, 15) is 9.59 Å². The molecule has 0 saturated carbocycles. The van der Waals surface area contributed by atoms with Gasteiger partial charge >= 0.3 is 12.0 Å². The summed E-state index contributed by atoms with van der Waals surface area (Å²) in [6.45, 7) is 5.99. The maximum Gasteiger partial charge on any atom is 0.326 e. The fourth-order valence-electron chi connectivity index (χ4n) is 2.01. The highest BCUT2D eigenvalue weighted by Crippen LogP contribution is 2.08. The van der Waals surface area contributed by atoms with Crippen molar-refractivity contribution in [3.63, 3.8) is 0 Å². The number of piperazine rings is 1. The van der Waals surface area contributed by atoms with E-state index < -0.39 is 12.0 Å². The predicted molar refractivity (Wildman–Crippen MR) is 63.9 cm³/mol. The molecule has 0 aromatic heterocycles. The summed E-state index contributed by atoms with van der Waals surface area (Å²) < 4.78 is 0. The molecule has 2 atom stereocenters. The van der Waals surface area contributed by atoms with E-state index in [1.54, 1.807) is 11.8 Å². The van der Waals surface area contributed by atoms with Gasteiger partial charge in [0.1, 0.15) is 6.04 Å². The lowest BCUT2D eigenvalue weighted by molar-refractivity contribution is -0.139. The van der Waals surface area contributed by atoms with Gasteiger partial charge in [-0.25, -0.2) is 9.59 Å². The number of aliphatic carboxylic acids is 1. The van der Waals surface area contributed by atoms with Crippen LogP contribution in [0.1, 0.15) is 20.3 Å². The zero-order valence-electron chi connectivity index (χ0n) is 10.6. The van der Waals surface area contributed by atoms with Crippen molar-refractivity contribution >= 4 is 12.0 Å². The van der Waals surface area contributed by atoms with Gasteiger partial charge in [0.2, 0.25) is 0 Å². The van der Waals surface area contributed by atoms with Crippen molar-refractivity contribution in [2.45, 2.75) is 32.4 Å². The first kappa shape index (κ1) is 13.8. The number of urea groups is 1. The van der Waals surface area contributed by atoms with Gasteiger partial charge in [0.05, 0.1) is 0 Å². The lowest BCUT2D eigenvalue weighted by atomic mass is 10.2. The van der Waals surface area contributed by atoms with E-state index in [1.807, 2.05) is 14.0 Å². The van der Waals surface area contributed by atoms with Gasteiger partial charge in [0.25, 0.3) is 0 Å². The topological polar surface area (TPSA) is 72.9 Å². The smallest absolute Gasteiger partial charge is 0.326 e. The Morgan fingerprint density at radius 1 is 1.47 bits per heavy atom. The molecule has 0 aromatic carbocycles. The average molecular weight is 243 g/mol. The summed E-state index contributed by atoms with van der Waals surface area (Å²) in [7, 11) is 2.01. The molecule has 0 aromatic rings. The third-order valence-corrected chi connectivity index (χ3v) is 3.10. The van der Waals surface area contributed by atoms with Crippen molar-refractivity contribution in [2.75, 3.05) is 26.7 Å². The maximum absolute atomic E-state index is 11.9. The highest BCUT2D eigenvalue weighted by atomic mass is 16.4. The molecule has 2 N–H and O–H groups in total. The van der Waals surface area contributed by atoms with Crippen LogP contribution in [0.5, 0.6) is 0 Å². The number of carboxylic acid groups (broad SMARTS) is 1. The number of nitrogens with one attached hydrogen (secondary N) is 1. The molecule has 1 unspecified atom stereocenters. The molecule has 2 amide bonds. The van der Waals surface area contributed by atoms with E-state index in [2.05, 4.69) is 10.2 Å². The van der Waals surface area contributed by atoms with Crippen LogP contribution in [-0.4, -0.2) is 65.7 Å². The minimum atomic E-state index is -0.984. The van der Waals surface area contributed by atoms with E-state index in [0.29, 0.717) is 13.0 Å². The number of rotatable bonds is 3. The van der Waals surface area contributed by atoms with Gasteiger partial charge in [0, 0.05) is 25.7 Å². The van der Waals surface area contributed by atoms with Crippen LogP contribution in [0.2, 0.25) is 0 Å². The number of hydrogen-bond acceptors (Lipinski definition) is 3. The van der Waals surface area contributed by atoms with E-state index in [4.69, 9.17) is 5.11 Å². The first-order chi connectivity index (χ1) is 7.95. The largest absolute Gasteiger partial charge is 0.480 e. The number of carbonyl (C=O) groups is 2. The summed E-state index contributed by atoms with van der Waals surface area (Å²) >= 11 is 0. The molecule has 0 radical (unpaired) electrons. The van der Waals surface area contributed by atoms with Crippen LogP contribution >= 0.6 is 0 Å². The molecule has 0 aliphatic carbocycles. The summed E-state index contributed by atoms with van der Waals surface area (Å²) in [5.74, 6) is -0.984. The molecule has 17 heavy (non-hydrogen) atoms. The Morgan fingerprint density at radius 2 is 2.12 bits per heavy atom. The highest BCUT2D eigenvalue weighted by Gasteiger charge is 2.28. The Labute approximate surface area is 102 Å². The van der Waals surface area contributed by atoms with Crippen molar-refractivity contribution in [1.82, 2.24) is 15.1 Å². The van der Waals surface area contributed by atoms with E-state index in [-0.39, 0.29) is 12.1 Å². The van der Waals surface area contributed by atoms with Gasteiger partial charge in [-0.2, -0.15) is 0 Å². The second-order valence-electron chi connectivity index (χ2n) is 4.55. The molecular formula is C11H21N3O3. The molecule has 1 aliphatic rings. The van der Waals surface area contributed by atoms with Gasteiger partial charge in [-0.1, -0.05) is 6.92 Å². The fraction of sp³-hybridized carbons (Fsp3) is 0.818. The van der Waals surface area contributed by atoms with Crippen molar-refractivity contribution < 1.29 is 14.7 Å². The summed E-state index contributed by atoms with van der Waals surface area (Å²) in [6, 6.07) is -0.964. The SMILES string of the molecule is CC[C@@H](NC(=O)N1CCN(C)CC1C)C(=O)O. The number of nitrogens with zero attached hydrogens (tertiary/aromatic N) is 2. The minimum Gasteiger partial charge on any atom is -0.480 e. The fourth-order valence-corrected chi connectivity index (χ4v) is 2.01. The Hall–Kier alpha value is -1.30. The van der Waals surface area contributed by atoms with Gasteiger partial charge in [-0.3, -0.25) is 0 Å². The highest BCUT2D eigenvalue weighted by molar-refractivity contribution is 5.82. The van der Waals surface area contributed by atoms with Gasteiger partial charge in [-0.05, 0) is 20.4 Å². The number of carbonyl (C=O) groups excluding carboxylic acids is 1. The molecule has 1 heterocycles. The molecular weight excluding hydrogens is 222 g/mol. The molecule has 1 fully saturated rings. The van der Waals surface area contributed by atoms with Crippen LogP contribution in [0, 0.1) is 0 Å². The lowest BCUT2D eigenvalue weighted by Crippen LogP contribution is -2.57. The first-order valence-corrected chi connectivity index (χ1v) is 5.94. The van der Waals surface area contributed by atoms with Crippen molar-refractivity contribution in [3.05, 3.63) is 0 Å².